The minimum atomic E-state index is -0.580. The summed E-state index contributed by atoms with van der Waals surface area (Å²) < 4.78 is 13.6. The molecule has 0 aliphatic carbocycles. The highest BCUT2D eigenvalue weighted by molar-refractivity contribution is 6.30. The zero-order valence-electron chi connectivity index (χ0n) is 11.3. The lowest BCUT2D eigenvalue weighted by Gasteiger charge is -2.22. The topological polar surface area (TPSA) is 32.3 Å². The smallest absolute Gasteiger partial charge is 0.258 e. The molecule has 0 spiro atoms. The molecule has 1 heterocycles. The molecule has 1 aliphatic heterocycles. The summed E-state index contributed by atoms with van der Waals surface area (Å²) >= 11 is 5.67. The molecule has 0 bridgehead atoms. The van der Waals surface area contributed by atoms with Crippen molar-refractivity contribution in [1.29, 1.82) is 0 Å². The van der Waals surface area contributed by atoms with Crippen molar-refractivity contribution in [2.75, 3.05) is 23.3 Å². The summed E-state index contributed by atoms with van der Waals surface area (Å²) in [5.74, 6) is -0.800. The molecule has 3 nitrogen and oxygen atoms in total. The number of amides is 1. The number of nitrogens with one attached hydrogen (secondary N) is 1. The number of para-hydroxylation sites is 2. The standard InChI is InChI=1S/C16H14ClFN2O/c17-12-7-6-11(10-13(12)18)16(21)20-9-3-8-19-14-4-1-2-5-15(14)20/h1-2,4-7,10,19H,3,8-9H2. The van der Waals surface area contributed by atoms with Gasteiger partial charge in [-0.1, -0.05) is 23.7 Å². The largest absolute Gasteiger partial charge is 0.383 e. The fraction of sp³-hybridized carbons (Fsp3) is 0.188. The van der Waals surface area contributed by atoms with Crippen molar-refractivity contribution in [1.82, 2.24) is 0 Å². The fourth-order valence-electron chi connectivity index (χ4n) is 2.44. The van der Waals surface area contributed by atoms with Crippen LogP contribution in [0.5, 0.6) is 0 Å². The lowest BCUT2D eigenvalue weighted by Crippen LogP contribution is -2.31. The van der Waals surface area contributed by atoms with Crippen LogP contribution in [0.25, 0.3) is 0 Å². The summed E-state index contributed by atoms with van der Waals surface area (Å²) in [6, 6.07) is 11.8. The van der Waals surface area contributed by atoms with Gasteiger partial charge in [-0.25, -0.2) is 4.39 Å². The van der Waals surface area contributed by atoms with E-state index in [9.17, 15) is 9.18 Å². The Balaban J connectivity index is 1.99. The highest BCUT2D eigenvalue weighted by Crippen LogP contribution is 2.29. The Morgan fingerprint density at radius 3 is 2.86 bits per heavy atom. The summed E-state index contributed by atoms with van der Waals surface area (Å²) in [4.78, 5) is 14.3. The summed E-state index contributed by atoms with van der Waals surface area (Å²) in [5, 5.41) is 3.31. The van der Waals surface area contributed by atoms with Gasteiger partial charge in [0.25, 0.3) is 5.91 Å². The first-order chi connectivity index (χ1) is 10.2. The van der Waals surface area contributed by atoms with Crippen molar-refractivity contribution in [2.24, 2.45) is 0 Å². The van der Waals surface area contributed by atoms with Gasteiger partial charge in [0.05, 0.1) is 16.4 Å². The Bertz CT molecular complexity index is 690. The first-order valence-corrected chi connectivity index (χ1v) is 7.14. The van der Waals surface area contributed by atoms with Crippen LogP contribution in [-0.4, -0.2) is 19.0 Å². The molecule has 21 heavy (non-hydrogen) atoms. The number of nitrogens with zero attached hydrogens (tertiary/aromatic N) is 1. The van der Waals surface area contributed by atoms with E-state index in [1.807, 2.05) is 24.3 Å². The van der Waals surface area contributed by atoms with Crippen molar-refractivity contribution in [2.45, 2.75) is 6.42 Å². The van der Waals surface area contributed by atoms with E-state index in [1.54, 1.807) is 11.0 Å². The number of halogens is 2. The normalized spacial score (nSPS) is 14.1. The van der Waals surface area contributed by atoms with Crippen molar-refractivity contribution in [3.05, 3.63) is 58.9 Å². The van der Waals surface area contributed by atoms with Crippen LogP contribution < -0.4 is 10.2 Å². The number of carbonyl (C=O) groups is 1. The second-order valence-electron chi connectivity index (χ2n) is 4.88. The van der Waals surface area contributed by atoms with Crippen LogP contribution in [0, 0.1) is 5.82 Å². The van der Waals surface area contributed by atoms with Gasteiger partial charge in [-0.15, -0.1) is 0 Å². The van der Waals surface area contributed by atoms with Gasteiger partial charge < -0.3 is 10.2 Å². The van der Waals surface area contributed by atoms with Gasteiger partial charge in [0.15, 0.2) is 0 Å². The molecular weight excluding hydrogens is 291 g/mol. The molecule has 108 valence electrons. The first-order valence-electron chi connectivity index (χ1n) is 6.76. The Kier molecular flexibility index (Phi) is 3.80. The fourth-order valence-corrected chi connectivity index (χ4v) is 2.55. The highest BCUT2D eigenvalue weighted by Gasteiger charge is 2.22. The Labute approximate surface area is 127 Å². The van der Waals surface area contributed by atoms with Crippen molar-refractivity contribution < 1.29 is 9.18 Å². The van der Waals surface area contributed by atoms with Gasteiger partial charge in [-0.3, -0.25) is 4.79 Å². The van der Waals surface area contributed by atoms with Gasteiger partial charge >= 0.3 is 0 Å². The van der Waals surface area contributed by atoms with Gasteiger partial charge in [0, 0.05) is 18.7 Å². The Morgan fingerprint density at radius 1 is 1.24 bits per heavy atom. The van der Waals surface area contributed by atoms with Crippen molar-refractivity contribution >= 4 is 28.9 Å². The summed E-state index contributed by atoms with van der Waals surface area (Å²) in [6.45, 7) is 1.39. The molecule has 2 aromatic rings. The van der Waals surface area contributed by atoms with E-state index in [0.717, 1.165) is 24.3 Å². The molecule has 0 unspecified atom stereocenters. The maximum atomic E-state index is 13.6. The van der Waals surface area contributed by atoms with Gasteiger partial charge in [0.2, 0.25) is 0 Å². The molecule has 1 amide bonds. The summed E-state index contributed by atoms with van der Waals surface area (Å²) in [5.41, 5.74) is 2.03. The van der Waals surface area contributed by atoms with Crippen LogP contribution in [-0.2, 0) is 0 Å². The SMILES string of the molecule is O=C(c1ccc(Cl)c(F)c1)N1CCCNc2ccccc21. The van der Waals surface area contributed by atoms with Crippen LogP contribution in [0.1, 0.15) is 16.8 Å². The Hall–Kier alpha value is -2.07. The molecule has 0 saturated carbocycles. The quantitative estimate of drug-likeness (QED) is 0.865. The van der Waals surface area contributed by atoms with E-state index in [-0.39, 0.29) is 10.9 Å². The predicted molar refractivity (Wildman–Crippen MR) is 82.6 cm³/mol. The zero-order chi connectivity index (χ0) is 14.8. The molecule has 0 atom stereocenters. The number of benzene rings is 2. The van der Waals surface area contributed by atoms with Crippen LogP contribution in [0.2, 0.25) is 5.02 Å². The van der Waals surface area contributed by atoms with Gasteiger partial charge in [-0.05, 0) is 36.8 Å². The molecular formula is C16H14ClFN2O. The van der Waals surface area contributed by atoms with Crippen LogP contribution in [0.3, 0.4) is 0 Å². The second kappa shape index (κ2) is 5.74. The number of hydrogen-bond acceptors (Lipinski definition) is 2. The predicted octanol–water partition coefficient (Wildman–Crippen LogP) is 3.94. The van der Waals surface area contributed by atoms with E-state index in [4.69, 9.17) is 11.6 Å². The minimum Gasteiger partial charge on any atom is -0.383 e. The third-order valence-corrected chi connectivity index (χ3v) is 3.79. The van der Waals surface area contributed by atoms with E-state index >= 15 is 0 Å². The molecule has 5 heteroatoms. The average Bonchev–Trinajstić information content (AvgIpc) is 2.71. The van der Waals surface area contributed by atoms with Crippen LogP contribution in [0.4, 0.5) is 15.8 Å². The zero-order valence-corrected chi connectivity index (χ0v) is 12.0. The number of carbonyl (C=O) groups excluding carboxylic acids is 1. The lowest BCUT2D eigenvalue weighted by molar-refractivity contribution is 0.0987. The molecule has 1 N–H and O–H groups in total. The molecule has 0 fully saturated rings. The highest BCUT2D eigenvalue weighted by atomic mass is 35.5. The summed E-state index contributed by atoms with van der Waals surface area (Å²) in [6.07, 6.45) is 0.830. The molecule has 0 aromatic heterocycles. The maximum Gasteiger partial charge on any atom is 0.258 e. The first kappa shape index (κ1) is 13.9. The number of hydrogen-bond donors (Lipinski definition) is 1. The van der Waals surface area contributed by atoms with Gasteiger partial charge in [-0.2, -0.15) is 0 Å². The van der Waals surface area contributed by atoms with E-state index in [1.165, 1.54) is 12.1 Å². The van der Waals surface area contributed by atoms with E-state index < -0.39 is 5.82 Å². The number of anilines is 2. The van der Waals surface area contributed by atoms with Crippen molar-refractivity contribution in [3.63, 3.8) is 0 Å². The molecule has 1 aliphatic rings. The summed E-state index contributed by atoms with van der Waals surface area (Å²) in [7, 11) is 0. The average molecular weight is 305 g/mol. The van der Waals surface area contributed by atoms with E-state index in [2.05, 4.69) is 5.32 Å². The third kappa shape index (κ3) is 2.72. The number of rotatable bonds is 1. The molecule has 0 saturated heterocycles. The van der Waals surface area contributed by atoms with Crippen LogP contribution >= 0.6 is 11.6 Å². The lowest BCUT2D eigenvalue weighted by atomic mass is 10.1. The second-order valence-corrected chi connectivity index (χ2v) is 5.29. The van der Waals surface area contributed by atoms with Crippen LogP contribution in [0.15, 0.2) is 42.5 Å². The molecule has 2 aromatic carbocycles. The van der Waals surface area contributed by atoms with E-state index in [0.29, 0.717) is 12.1 Å². The minimum absolute atomic E-state index is 0.0180. The third-order valence-electron chi connectivity index (χ3n) is 3.48. The molecule has 3 rings (SSSR count). The van der Waals surface area contributed by atoms with Crippen molar-refractivity contribution in [3.8, 4) is 0 Å². The number of fused-ring (bicyclic) bond motifs is 1. The van der Waals surface area contributed by atoms with Gasteiger partial charge in [0.1, 0.15) is 5.82 Å². The Morgan fingerprint density at radius 2 is 2.05 bits per heavy atom. The maximum absolute atomic E-state index is 13.6. The monoisotopic (exact) mass is 304 g/mol. The molecule has 0 radical (unpaired) electrons.